The molecule has 0 amide bonds. The van der Waals surface area contributed by atoms with Crippen molar-refractivity contribution >= 4 is 6.29 Å². The van der Waals surface area contributed by atoms with Gasteiger partial charge in [-0.05, 0) is 6.42 Å². The summed E-state index contributed by atoms with van der Waals surface area (Å²) in [6, 6.07) is 0. The zero-order valence-corrected chi connectivity index (χ0v) is 7.36. The van der Waals surface area contributed by atoms with Gasteiger partial charge in [0.1, 0.15) is 12.1 Å². The van der Waals surface area contributed by atoms with Crippen LogP contribution in [0.4, 0.5) is 0 Å². The molecule has 0 radical (unpaired) electrons. The second kappa shape index (κ2) is 4.70. The molecule has 0 saturated carbocycles. The molecule has 0 N–H and O–H groups in total. The number of hydrogen-bond acceptors (Lipinski definition) is 2. The van der Waals surface area contributed by atoms with Gasteiger partial charge in [0.15, 0.2) is 0 Å². The van der Waals surface area contributed by atoms with Crippen LogP contribution in [0.15, 0.2) is 12.4 Å². The summed E-state index contributed by atoms with van der Waals surface area (Å²) < 4.78 is 2.04. The molecule has 0 bridgehead atoms. The molecule has 0 unspecified atom stereocenters. The molecule has 66 valence electrons. The fourth-order valence-electron chi connectivity index (χ4n) is 1.19. The Kier molecular flexibility index (Phi) is 3.51. The minimum absolute atomic E-state index is 0.576. The first-order chi connectivity index (χ1) is 5.88. The van der Waals surface area contributed by atoms with Gasteiger partial charge in [-0.3, -0.25) is 0 Å². The number of carbonyl (C=O) groups excluding carboxylic acids is 1. The number of hydrogen-bond donors (Lipinski definition) is 0. The Hall–Kier alpha value is -1.12. The van der Waals surface area contributed by atoms with Crippen LogP contribution in [0.1, 0.15) is 25.6 Å². The molecule has 0 aliphatic heterocycles. The molecule has 12 heavy (non-hydrogen) atoms. The van der Waals surface area contributed by atoms with Gasteiger partial charge < -0.3 is 9.36 Å². The van der Waals surface area contributed by atoms with Gasteiger partial charge in [0.2, 0.25) is 0 Å². The van der Waals surface area contributed by atoms with Crippen LogP contribution in [0.5, 0.6) is 0 Å². The first-order valence-corrected chi connectivity index (χ1v) is 4.32. The molecule has 0 aliphatic rings. The van der Waals surface area contributed by atoms with E-state index in [0.717, 1.165) is 31.5 Å². The standard InChI is InChI=1S/C9H14N2O/c1-2-4-9-10-5-7-11(9)6-3-8-12/h5,7-8H,2-4,6H2,1H3. The molecule has 0 spiro atoms. The Morgan fingerprint density at radius 2 is 2.50 bits per heavy atom. The van der Waals surface area contributed by atoms with Gasteiger partial charge >= 0.3 is 0 Å². The molecular formula is C9H14N2O. The van der Waals surface area contributed by atoms with Crippen LogP contribution in [-0.2, 0) is 17.8 Å². The Morgan fingerprint density at radius 1 is 1.67 bits per heavy atom. The van der Waals surface area contributed by atoms with E-state index in [1.165, 1.54) is 0 Å². The summed E-state index contributed by atoms with van der Waals surface area (Å²) >= 11 is 0. The van der Waals surface area contributed by atoms with E-state index in [9.17, 15) is 4.79 Å². The van der Waals surface area contributed by atoms with Crippen molar-refractivity contribution in [2.24, 2.45) is 0 Å². The maximum atomic E-state index is 10.1. The number of aldehydes is 1. The highest BCUT2D eigenvalue weighted by molar-refractivity contribution is 5.48. The molecule has 0 aromatic carbocycles. The van der Waals surface area contributed by atoms with Crippen molar-refractivity contribution in [3.63, 3.8) is 0 Å². The highest BCUT2D eigenvalue weighted by Crippen LogP contribution is 2.01. The summed E-state index contributed by atoms with van der Waals surface area (Å²) in [5.74, 6) is 1.08. The quantitative estimate of drug-likeness (QED) is 0.620. The Labute approximate surface area is 72.4 Å². The van der Waals surface area contributed by atoms with Gasteiger partial charge in [-0.1, -0.05) is 6.92 Å². The zero-order valence-electron chi connectivity index (χ0n) is 7.36. The lowest BCUT2D eigenvalue weighted by Crippen LogP contribution is -2.03. The van der Waals surface area contributed by atoms with E-state index in [4.69, 9.17) is 0 Å². The van der Waals surface area contributed by atoms with Crippen molar-refractivity contribution in [3.8, 4) is 0 Å². The van der Waals surface area contributed by atoms with Gasteiger partial charge in [0, 0.05) is 31.8 Å². The van der Waals surface area contributed by atoms with Crippen LogP contribution in [0, 0.1) is 0 Å². The van der Waals surface area contributed by atoms with Gasteiger partial charge in [-0.15, -0.1) is 0 Å². The third-order valence-corrected chi connectivity index (χ3v) is 1.76. The van der Waals surface area contributed by atoms with Crippen LogP contribution in [0.3, 0.4) is 0 Å². The van der Waals surface area contributed by atoms with Crippen molar-refractivity contribution < 1.29 is 4.79 Å². The Balaban J connectivity index is 2.56. The predicted molar refractivity (Wildman–Crippen MR) is 46.9 cm³/mol. The lowest BCUT2D eigenvalue weighted by atomic mass is 10.3. The molecule has 0 aliphatic carbocycles. The normalized spacial score (nSPS) is 10.1. The van der Waals surface area contributed by atoms with E-state index < -0.39 is 0 Å². The molecule has 0 saturated heterocycles. The van der Waals surface area contributed by atoms with Crippen LogP contribution in [-0.4, -0.2) is 15.8 Å². The summed E-state index contributed by atoms with van der Waals surface area (Å²) in [7, 11) is 0. The number of rotatable bonds is 5. The first-order valence-electron chi connectivity index (χ1n) is 4.32. The monoisotopic (exact) mass is 166 g/mol. The summed E-state index contributed by atoms with van der Waals surface area (Å²) in [5.41, 5.74) is 0. The third-order valence-electron chi connectivity index (χ3n) is 1.76. The average Bonchev–Trinajstić information content (AvgIpc) is 2.50. The van der Waals surface area contributed by atoms with Crippen molar-refractivity contribution in [1.29, 1.82) is 0 Å². The first kappa shape index (κ1) is 8.97. The molecular weight excluding hydrogens is 152 g/mol. The van der Waals surface area contributed by atoms with E-state index in [1.54, 1.807) is 6.20 Å². The van der Waals surface area contributed by atoms with Crippen LogP contribution >= 0.6 is 0 Å². The van der Waals surface area contributed by atoms with Crippen LogP contribution in [0.2, 0.25) is 0 Å². The SMILES string of the molecule is CCCc1nccn1CCC=O. The number of imidazole rings is 1. The lowest BCUT2D eigenvalue weighted by Gasteiger charge is -2.03. The minimum atomic E-state index is 0.576. The molecule has 1 aromatic rings. The minimum Gasteiger partial charge on any atom is -0.335 e. The summed E-state index contributed by atoms with van der Waals surface area (Å²) in [6.45, 7) is 2.89. The number of aromatic nitrogens is 2. The van der Waals surface area contributed by atoms with Crippen molar-refractivity contribution in [3.05, 3.63) is 18.2 Å². The second-order valence-electron chi connectivity index (χ2n) is 2.74. The maximum Gasteiger partial charge on any atom is 0.121 e. The van der Waals surface area contributed by atoms with Crippen molar-refractivity contribution in [2.75, 3.05) is 0 Å². The summed E-state index contributed by atoms with van der Waals surface area (Å²) in [5, 5.41) is 0. The summed E-state index contributed by atoms with van der Waals surface area (Å²) in [4.78, 5) is 14.3. The Bertz CT molecular complexity index is 242. The van der Waals surface area contributed by atoms with Gasteiger partial charge in [-0.25, -0.2) is 4.98 Å². The summed E-state index contributed by atoms with van der Waals surface area (Å²) in [6.07, 6.45) is 7.32. The van der Waals surface area contributed by atoms with Crippen molar-refractivity contribution in [2.45, 2.75) is 32.7 Å². The smallest absolute Gasteiger partial charge is 0.121 e. The molecule has 0 fully saturated rings. The highest BCUT2D eigenvalue weighted by Gasteiger charge is 1.99. The van der Waals surface area contributed by atoms with E-state index in [-0.39, 0.29) is 0 Å². The molecule has 3 nitrogen and oxygen atoms in total. The van der Waals surface area contributed by atoms with E-state index in [0.29, 0.717) is 6.42 Å². The Morgan fingerprint density at radius 3 is 3.17 bits per heavy atom. The second-order valence-corrected chi connectivity index (χ2v) is 2.74. The lowest BCUT2D eigenvalue weighted by molar-refractivity contribution is -0.108. The maximum absolute atomic E-state index is 10.1. The molecule has 1 rings (SSSR count). The zero-order chi connectivity index (χ0) is 8.81. The van der Waals surface area contributed by atoms with E-state index in [2.05, 4.69) is 11.9 Å². The van der Waals surface area contributed by atoms with Gasteiger partial charge in [0.05, 0.1) is 0 Å². The highest BCUT2D eigenvalue weighted by atomic mass is 16.1. The fourth-order valence-corrected chi connectivity index (χ4v) is 1.19. The average molecular weight is 166 g/mol. The van der Waals surface area contributed by atoms with Crippen LogP contribution < -0.4 is 0 Å². The van der Waals surface area contributed by atoms with E-state index >= 15 is 0 Å². The van der Waals surface area contributed by atoms with Gasteiger partial charge in [0.25, 0.3) is 0 Å². The van der Waals surface area contributed by atoms with Gasteiger partial charge in [-0.2, -0.15) is 0 Å². The van der Waals surface area contributed by atoms with Crippen molar-refractivity contribution in [1.82, 2.24) is 9.55 Å². The molecule has 1 heterocycles. The number of aryl methyl sites for hydroxylation is 2. The predicted octanol–water partition coefficient (Wildman–Crippen LogP) is 1.42. The van der Waals surface area contributed by atoms with E-state index in [1.807, 2.05) is 10.8 Å². The molecule has 3 heteroatoms. The van der Waals surface area contributed by atoms with Crippen LogP contribution in [0.25, 0.3) is 0 Å². The largest absolute Gasteiger partial charge is 0.335 e. The third kappa shape index (κ3) is 2.19. The fraction of sp³-hybridized carbons (Fsp3) is 0.556. The molecule has 0 atom stereocenters. The molecule has 1 aromatic heterocycles. The number of nitrogens with zero attached hydrogens (tertiary/aromatic N) is 2. The number of carbonyl (C=O) groups is 1. The topological polar surface area (TPSA) is 34.9 Å².